The molecule has 0 unspecified atom stereocenters. The fraction of sp³-hybridized carbons (Fsp3) is 0.909. The van der Waals surface area contributed by atoms with Gasteiger partial charge in [0, 0.05) is 26.1 Å². The molecule has 0 aliphatic rings. The lowest BCUT2D eigenvalue weighted by atomic mass is 10.2. The van der Waals surface area contributed by atoms with Crippen LogP contribution in [0.15, 0.2) is 0 Å². The number of rotatable bonds is 7. The smallest absolute Gasteiger partial charge is 0.0957 e. The first-order valence-electron chi connectivity index (χ1n) is 5.58. The second-order valence-electron chi connectivity index (χ2n) is 3.99. The van der Waals surface area contributed by atoms with Gasteiger partial charge in [0.05, 0.1) is 5.84 Å². The van der Waals surface area contributed by atoms with Crippen LogP contribution in [-0.2, 0) is 0 Å². The first-order valence-corrected chi connectivity index (χ1v) is 5.58. The summed E-state index contributed by atoms with van der Waals surface area (Å²) in [4.78, 5) is 4.37. The van der Waals surface area contributed by atoms with E-state index >= 15 is 0 Å². The van der Waals surface area contributed by atoms with Crippen molar-refractivity contribution < 1.29 is 0 Å². The molecule has 0 atom stereocenters. The van der Waals surface area contributed by atoms with Gasteiger partial charge in [0.25, 0.3) is 0 Å². The average Bonchev–Trinajstić information content (AvgIpc) is 2.12. The van der Waals surface area contributed by atoms with Crippen molar-refractivity contribution in [1.29, 1.82) is 5.41 Å². The summed E-state index contributed by atoms with van der Waals surface area (Å²) >= 11 is 0. The molecular weight excluding hydrogens is 174 g/mol. The van der Waals surface area contributed by atoms with Crippen molar-refractivity contribution in [2.75, 3.05) is 33.7 Å². The summed E-state index contributed by atoms with van der Waals surface area (Å²) in [5, 5.41) is 7.90. The Hall–Kier alpha value is -0.570. The zero-order chi connectivity index (χ0) is 11.0. The molecule has 0 rings (SSSR count). The van der Waals surface area contributed by atoms with Gasteiger partial charge in [-0.2, -0.15) is 0 Å². The van der Waals surface area contributed by atoms with E-state index in [4.69, 9.17) is 5.41 Å². The maximum atomic E-state index is 7.90. The molecule has 14 heavy (non-hydrogen) atoms. The quantitative estimate of drug-likeness (QED) is 0.502. The summed E-state index contributed by atoms with van der Waals surface area (Å²) in [6.07, 6.45) is 3.11. The van der Waals surface area contributed by atoms with Gasteiger partial charge < -0.3 is 9.80 Å². The van der Waals surface area contributed by atoms with Crippen molar-refractivity contribution in [3.63, 3.8) is 0 Å². The SMILES string of the molecule is CCCC(=N)N(CCC)CCN(C)C. The minimum atomic E-state index is 0.802. The molecule has 0 saturated heterocycles. The molecule has 3 heteroatoms. The lowest BCUT2D eigenvalue weighted by molar-refractivity contribution is 0.324. The van der Waals surface area contributed by atoms with E-state index in [0.29, 0.717) is 0 Å². The third-order valence-corrected chi connectivity index (χ3v) is 2.18. The third-order valence-electron chi connectivity index (χ3n) is 2.18. The summed E-state index contributed by atoms with van der Waals surface area (Å²) < 4.78 is 0. The molecule has 0 aromatic heterocycles. The second kappa shape index (κ2) is 7.80. The Morgan fingerprint density at radius 2 is 1.64 bits per heavy atom. The van der Waals surface area contributed by atoms with Crippen molar-refractivity contribution >= 4 is 5.84 Å². The van der Waals surface area contributed by atoms with Gasteiger partial charge in [0.15, 0.2) is 0 Å². The summed E-state index contributed by atoms with van der Waals surface area (Å²) in [6.45, 7) is 7.34. The van der Waals surface area contributed by atoms with Crippen molar-refractivity contribution in [3.05, 3.63) is 0 Å². The molecule has 0 aliphatic carbocycles. The number of nitrogens with one attached hydrogen (secondary N) is 1. The van der Waals surface area contributed by atoms with E-state index in [2.05, 4.69) is 37.7 Å². The van der Waals surface area contributed by atoms with E-state index < -0.39 is 0 Å². The van der Waals surface area contributed by atoms with E-state index in [9.17, 15) is 0 Å². The topological polar surface area (TPSA) is 30.3 Å². The predicted octanol–water partition coefficient (Wildman–Crippen LogP) is 2.04. The van der Waals surface area contributed by atoms with Gasteiger partial charge in [0.1, 0.15) is 0 Å². The van der Waals surface area contributed by atoms with E-state index in [1.165, 1.54) is 0 Å². The van der Waals surface area contributed by atoms with Crippen LogP contribution in [0.3, 0.4) is 0 Å². The molecule has 1 N–H and O–H groups in total. The Morgan fingerprint density at radius 1 is 1.00 bits per heavy atom. The van der Waals surface area contributed by atoms with E-state index in [1.807, 2.05) is 0 Å². The van der Waals surface area contributed by atoms with Crippen LogP contribution in [0, 0.1) is 5.41 Å². The molecule has 0 spiro atoms. The van der Waals surface area contributed by atoms with Gasteiger partial charge in [0.2, 0.25) is 0 Å². The van der Waals surface area contributed by atoms with Crippen LogP contribution in [0.5, 0.6) is 0 Å². The molecule has 0 heterocycles. The van der Waals surface area contributed by atoms with Gasteiger partial charge in [-0.25, -0.2) is 0 Å². The number of nitrogens with zero attached hydrogens (tertiary/aromatic N) is 2. The second-order valence-corrected chi connectivity index (χ2v) is 3.99. The van der Waals surface area contributed by atoms with Crippen molar-refractivity contribution in [1.82, 2.24) is 9.80 Å². The molecule has 0 amide bonds. The summed E-state index contributed by atoms with van der Waals surface area (Å²) in [5.74, 6) is 0.802. The lowest BCUT2D eigenvalue weighted by Gasteiger charge is -2.26. The Bertz CT molecular complexity index is 155. The number of hydrogen-bond acceptors (Lipinski definition) is 2. The molecular formula is C11H25N3. The maximum absolute atomic E-state index is 7.90. The highest BCUT2D eigenvalue weighted by Gasteiger charge is 2.07. The highest BCUT2D eigenvalue weighted by atomic mass is 15.2. The predicted molar refractivity (Wildman–Crippen MR) is 63.1 cm³/mol. The molecule has 0 aromatic rings. The highest BCUT2D eigenvalue weighted by molar-refractivity contribution is 5.79. The van der Waals surface area contributed by atoms with Crippen LogP contribution in [-0.4, -0.2) is 49.4 Å². The molecule has 3 nitrogen and oxygen atoms in total. The van der Waals surface area contributed by atoms with Crippen LogP contribution in [0.2, 0.25) is 0 Å². The lowest BCUT2D eigenvalue weighted by Crippen LogP contribution is -2.36. The first kappa shape index (κ1) is 13.4. The third kappa shape index (κ3) is 5.97. The van der Waals surface area contributed by atoms with Crippen LogP contribution < -0.4 is 0 Å². The standard InChI is InChI=1S/C11H25N3/c1-5-7-11(12)14(8-6-2)10-9-13(3)4/h12H,5-10H2,1-4H3. The zero-order valence-electron chi connectivity index (χ0n) is 10.1. The summed E-state index contributed by atoms with van der Waals surface area (Å²) in [7, 11) is 4.15. The van der Waals surface area contributed by atoms with Gasteiger partial charge in [-0.15, -0.1) is 0 Å². The van der Waals surface area contributed by atoms with Crippen LogP contribution in [0.1, 0.15) is 33.1 Å². The number of hydrogen-bond donors (Lipinski definition) is 1. The van der Waals surface area contributed by atoms with Crippen LogP contribution in [0.25, 0.3) is 0 Å². The molecule has 0 aliphatic heterocycles. The molecule has 84 valence electrons. The van der Waals surface area contributed by atoms with Crippen LogP contribution in [0.4, 0.5) is 0 Å². The monoisotopic (exact) mass is 199 g/mol. The molecule has 0 saturated carbocycles. The number of amidine groups is 1. The zero-order valence-corrected chi connectivity index (χ0v) is 10.1. The number of likely N-dealkylation sites (N-methyl/N-ethyl adjacent to an activating group) is 1. The van der Waals surface area contributed by atoms with E-state index in [1.54, 1.807) is 0 Å². The Morgan fingerprint density at radius 3 is 2.07 bits per heavy atom. The molecule has 0 fully saturated rings. The Kier molecular flexibility index (Phi) is 7.48. The minimum Gasteiger partial charge on any atom is -0.359 e. The maximum Gasteiger partial charge on any atom is 0.0957 e. The van der Waals surface area contributed by atoms with E-state index in [-0.39, 0.29) is 0 Å². The molecule has 0 radical (unpaired) electrons. The van der Waals surface area contributed by atoms with Gasteiger partial charge in [-0.05, 0) is 26.9 Å². The van der Waals surface area contributed by atoms with Crippen molar-refractivity contribution in [2.45, 2.75) is 33.1 Å². The summed E-state index contributed by atoms with van der Waals surface area (Å²) in [6, 6.07) is 0. The first-order chi connectivity index (χ1) is 6.61. The Balaban J connectivity index is 3.93. The fourth-order valence-corrected chi connectivity index (χ4v) is 1.37. The highest BCUT2D eigenvalue weighted by Crippen LogP contribution is 1.99. The minimum absolute atomic E-state index is 0.802. The van der Waals surface area contributed by atoms with E-state index in [0.717, 1.165) is 44.7 Å². The molecule has 0 aromatic carbocycles. The van der Waals surface area contributed by atoms with Crippen molar-refractivity contribution in [3.8, 4) is 0 Å². The summed E-state index contributed by atoms with van der Waals surface area (Å²) in [5.41, 5.74) is 0. The van der Waals surface area contributed by atoms with Gasteiger partial charge >= 0.3 is 0 Å². The van der Waals surface area contributed by atoms with Gasteiger partial charge in [-0.3, -0.25) is 5.41 Å². The molecule has 0 bridgehead atoms. The fourth-order valence-electron chi connectivity index (χ4n) is 1.37. The normalized spacial score (nSPS) is 10.6. The average molecular weight is 199 g/mol. The van der Waals surface area contributed by atoms with Crippen molar-refractivity contribution in [2.24, 2.45) is 0 Å². The Labute approximate surface area is 88.6 Å². The van der Waals surface area contributed by atoms with Crippen LogP contribution >= 0.6 is 0 Å². The largest absolute Gasteiger partial charge is 0.359 e. The van der Waals surface area contributed by atoms with Gasteiger partial charge in [-0.1, -0.05) is 13.8 Å².